The standard InChI is InChI=1S/C16H21N5O2S/c1-12-19-18-11-20(12)9-7-17-15(22)13-5-2-3-8-21(13)16(23)14-6-4-10-24-14/h4,6,10-11,13H,2-3,5,7-9H2,1H3,(H,17,22)/t13-/m1/s1. The van der Waals surface area contributed by atoms with Crippen LogP contribution in [-0.4, -0.2) is 50.6 Å². The molecule has 1 saturated heterocycles. The van der Waals surface area contributed by atoms with E-state index < -0.39 is 0 Å². The molecule has 1 N–H and O–H groups in total. The fourth-order valence-electron chi connectivity index (χ4n) is 2.94. The lowest BCUT2D eigenvalue weighted by atomic mass is 10.0. The summed E-state index contributed by atoms with van der Waals surface area (Å²) in [6.45, 7) is 3.63. The van der Waals surface area contributed by atoms with Crippen LogP contribution in [0.2, 0.25) is 0 Å². The van der Waals surface area contributed by atoms with Crippen LogP contribution >= 0.6 is 11.3 Å². The summed E-state index contributed by atoms with van der Waals surface area (Å²) in [5.41, 5.74) is 0. The summed E-state index contributed by atoms with van der Waals surface area (Å²) in [5, 5.41) is 12.6. The number of aromatic nitrogens is 3. The lowest BCUT2D eigenvalue weighted by Crippen LogP contribution is -2.52. The molecule has 3 heterocycles. The van der Waals surface area contributed by atoms with Gasteiger partial charge in [0.1, 0.15) is 18.2 Å². The molecular weight excluding hydrogens is 326 g/mol. The first-order valence-corrected chi connectivity index (χ1v) is 9.01. The highest BCUT2D eigenvalue weighted by atomic mass is 32.1. The van der Waals surface area contributed by atoms with E-state index in [9.17, 15) is 9.59 Å². The van der Waals surface area contributed by atoms with E-state index in [0.717, 1.165) is 18.7 Å². The lowest BCUT2D eigenvalue weighted by Gasteiger charge is -2.34. The number of carbonyl (C=O) groups is 2. The molecule has 3 rings (SSSR count). The maximum absolute atomic E-state index is 12.6. The summed E-state index contributed by atoms with van der Waals surface area (Å²) in [6, 6.07) is 3.29. The van der Waals surface area contributed by atoms with E-state index in [2.05, 4.69) is 15.5 Å². The lowest BCUT2D eigenvalue weighted by molar-refractivity contribution is -0.126. The zero-order valence-corrected chi connectivity index (χ0v) is 14.5. The van der Waals surface area contributed by atoms with Gasteiger partial charge in [-0.15, -0.1) is 21.5 Å². The van der Waals surface area contributed by atoms with Crippen LogP contribution in [0.5, 0.6) is 0 Å². The van der Waals surface area contributed by atoms with Crippen LogP contribution in [0, 0.1) is 6.92 Å². The second-order valence-electron chi connectivity index (χ2n) is 5.85. The molecule has 0 bridgehead atoms. The molecule has 2 aromatic heterocycles. The molecule has 1 atom stereocenters. The number of rotatable bonds is 5. The van der Waals surface area contributed by atoms with Crippen molar-refractivity contribution in [3.05, 3.63) is 34.5 Å². The fraction of sp³-hybridized carbons (Fsp3) is 0.500. The van der Waals surface area contributed by atoms with E-state index in [1.165, 1.54) is 11.3 Å². The quantitative estimate of drug-likeness (QED) is 0.888. The predicted molar refractivity (Wildman–Crippen MR) is 90.8 cm³/mol. The molecule has 0 unspecified atom stereocenters. The molecule has 0 saturated carbocycles. The van der Waals surface area contributed by atoms with Gasteiger partial charge in [-0.2, -0.15) is 0 Å². The Morgan fingerprint density at radius 3 is 3.00 bits per heavy atom. The normalized spacial score (nSPS) is 17.7. The summed E-state index contributed by atoms with van der Waals surface area (Å²) in [6.07, 6.45) is 4.28. The molecule has 0 aromatic carbocycles. The molecule has 8 heteroatoms. The van der Waals surface area contributed by atoms with E-state index in [1.807, 2.05) is 29.0 Å². The number of thiophene rings is 1. The second-order valence-corrected chi connectivity index (χ2v) is 6.80. The van der Waals surface area contributed by atoms with Crippen molar-refractivity contribution >= 4 is 23.2 Å². The van der Waals surface area contributed by atoms with E-state index in [0.29, 0.717) is 30.9 Å². The van der Waals surface area contributed by atoms with Gasteiger partial charge in [0, 0.05) is 19.6 Å². The van der Waals surface area contributed by atoms with Crippen molar-refractivity contribution in [2.24, 2.45) is 0 Å². The first kappa shape index (κ1) is 16.6. The molecule has 24 heavy (non-hydrogen) atoms. The number of hydrogen-bond donors (Lipinski definition) is 1. The molecule has 2 amide bonds. The minimum absolute atomic E-state index is 0.0421. The Bertz CT molecular complexity index is 697. The first-order valence-electron chi connectivity index (χ1n) is 8.13. The zero-order valence-electron chi connectivity index (χ0n) is 13.6. The topological polar surface area (TPSA) is 80.1 Å². The molecule has 1 aliphatic heterocycles. The van der Waals surface area contributed by atoms with Crippen LogP contribution in [0.4, 0.5) is 0 Å². The Morgan fingerprint density at radius 2 is 2.29 bits per heavy atom. The molecule has 128 valence electrons. The first-order chi connectivity index (χ1) is 11.7. The van der Waals surface area contributed by atoms with Gasteiger partial charge in [-0.25, -0.2) is 0 Å². The fourth-order valence-corrected chi connectivity index (χ4v) is 3.62. The van der Waals surface area contributed by atoms with E-state index in [1.54, 1.807) is 11.2 Å². The maximum Gasteiger partial charge on any atom is 0.264 e. The van der Waals surface area contributed by atoms with E-state index in [-0.39, 0.29) is 17.9 Å². The van der Waals surface area contributed by atoms with Crippen LogP contribution in [0.1, 0.15) is 34.8 Å². The third kappa shape index (κ3) is 3.64. The van der Waals surface area contributed by atoms with Crippen molar-refractivity contribution in [2.45, 2.75) is 38.8 Å². The predicted octanol–water partition coefficient (Wildman–Crippen LogP) is 1.46. The third-order valence-corrected chi connectivity index (χ3v) is 5.12. The average molecular weight is 347 g/mol. The highest BCUT2D eigenvalue weighted by Gasteiger charge is 2.32. The van der Waals surface area contributed by atoms with Crippen LogP contribution in [0.15, 0.2) is 23.8 Å². The van der Waals surface area contributed by atoms with Crippen molar-refractivity contribution in [3.8, 4) is 0 Å². The van der Waals surface area contributed by atoms with E-state index in [4.69, 9.17) is 0 Å². The Morgan fingerprint density at radius 1 is 1.42 bits per heavy atom. The van der Waals surface area contributed by atoms with Crippen LogP contribution in [0.3, 0.4) is 0 Å². The van der Waals surface area contributed by atoms with Crippen molar-refractivity contribution in [1.82, 2.24) is 25.0 Å². The minimum atomic E-state index is -0.379. The van der Waals surface area contributed by atoms with Gasteiger partial charge < -0.3 is 14.8 Å². The molecule has 1 aliphatic rings. The van der Waals surface area contributed by atoms with E-state index >= 15 is 0 Å². The van der Waals surface area contributed by atoms with Gasteiger partial charge in [-0.1, -0.05) is 6.07 Å². The van der Waals surface area contributed by atoms with Crippen LogP contribution in [-0.2, 0) is 11.3 Å². The Labute approximate surface area is 144 Å². The second kappa shape index (κ2) is 7.57. The molecular formula is C16H21N5O2S. The van der Waals surface area contributed by atoms with Gasteiger partial charge in [-0.05, 0) is 37.6 Å². The van der Waals surface area contributed by atoms with Gasteiger partial charge in [-0.3, -0.25) is 9.59 Å². The molecule has 7 nitrogen and oxygen atoms in total. The van der Waals surface area contributed by atoms with Crippen LogP contribution < -0.4 is 5.32 Å². The third-order valence-electron chi connectivity index (χ3n) is 4.26. The van der Waals surface area contributed by atoms with Crippen molar-refractivity contribution in [2.75, 3.05) is 13.1 Å². The van der Waals surface area contributed by atoms with Gasteiger partial charge >= 0.3 is 0 Å². The van der Waals surface area contributed by atoms with Crippen molar-refractivity contribution in [3.63, 3.8) is 0 Å². The molecule has 0 radical (unpaired) electrons. The number of nitrogens with one attached hydrogen (secondary N) is 1. The molecule has 1 fully saturated rings. The summed E-state index contributed by atoms with van der Waals surface area (Å²) in [5.74, 6) is 0.696. The number of aryl methyl sites for hydroxylation is 1. The van der Waals surface area contributed by atoms with Gasteiger partial charge in [0.05, 0.1) is 4.88 Å². The smallest absolute Gasteiger partial charge is 0.264 e. The largest absolute Gasteiger partial charge is 0.353 e. The number of carbonyl (C=O) groups excluding carboxylic acids is 2. The molecule has 2 aromatic rings. The Balaban J connectivity index is 1.59. The summed E-state index contributed by atoms with van der Waals surface area (Å²) in [4.78, 5) is 27.6. The number of amides is 2. The van der Waals surface area contributed by atoms with Gasteiger partial charge in [0.15, 0.2) is 0 Å². The minimum Gasteiger partial charge on any atom is -0.353 e. The van der Waals surface area contributed by atoms with Crippen molar-refractivity contribution in [1.29, 1.82) is 0 Å². The summed E-state index contributed by atoms with van der Waals surface area (Å²) >= 11 is 1.42. The van der Waals surface area contributed by atoms with Gasteiger partial charge in [0.2, 0.25) is 5.91 Å². The average Bonchev–Trinajstić information content (AvgIpc) is 3.26. The molecule has 0 aliphatic carbocycles. The Hall–Kier alpha value is -2.22. The SMILES string of the molecule is Cc1nncn1CCNC(=O)[C@H]1CCCCN1C(=O)c1cccs1. The molecule has 0 spiro atoms. The Kier molecular flexibility index (Phi) is 5.24. The number of likely N-dealkylation sites (tertiary alicyclic amines) is 1. The zero-order chi connectivity index (χ0) is 16.9. The van der Waals surface area contributed by atoms with Crippen molar-refractivity contribution < 1.29 is 9.59 Å². The summed E-state index contributed by atoms with van der Waals surface area (Å²) < 4.78 is 1.88. The summed E-state index contributed by atoms with van der Waals surface area (Å²) in [7, 11) is 0. The highest BCUT2D eigenvalue weighted by Crippen LogP contribution is 2.21. The number of hydrogen-bond acceptors (Lipinski definition) is 5. The van der Waals surface area contributed by atoms with Crippen LogP contribution in [0.25, 0.3) is 0 Å². The number of nitrogens with zero attached hydrogens (tertiary/aromatic N) is 4. The number of piperidine rings is 1. The monoisotopic (exact) mass is 347 g/mol. The maximum atomic E-state index is 12.6. The highest BCUT2D eigenvalue weighted by molar-refractivity contribution is 7.12. The van der Waals surface area contributed by atoms with Gasteiger partial charge in [0.25, 0.3) is 5.91 Å².